The predicted molar refractivity (Wildman–Crippen MR) is 141 cm³/mol. The monoisotopic (exact) mass is 547 g/mol. The molecule has 0 radical (unpaired) electrons. The fourth-order valence-electron chi connectivity index (χ4n) is 3.52. The summed E-state index contributed by atoms with van der Waals surface area (Å²) in [5.41, 5.74) is 12.6. The smallest absolute Gasteiger partial charge is 0.326 e. The molecule has 9 N–H and O–H groups in total. The summed E-state index contributed by atoms with van der Waals surface area (Å²) in [5.74, 6) is -3.89. The number of hydrogen-bond donors (Lipinski definition) is 7. The lowest BCUT2D eigenvalue weighted by molar-refractivity contribution is -0.142. The maximum Gasteiger partial charge on any atom is 0.326 e. The second-order valence-corrected chi connectivity index (χ2v) is 9.54. The van der Waals surface area contributed by atoms with Crippen molar-refractivity contribution in [3.05, 3.63) is 54.1 Å². The number of nitrogens with two attached hydrogens (primary N) is 2. The number of H-pyrrole nitrogens is 1. The van der Waals surface area contributed by atoms with E-state index in [0.717, 1.165) is 5.56 Å². The Morgan fingerprint density at radius 3 is 2.18 bits per heavy atom. The molecule has 1 aromatic heterocycles. The Morgan fingerprint density at radius 2 is 1.61 bits per heavy atom. The molecular formula is C24H33N7O6S. The van der Waals surface area contributed by atoms with Gasteiger partial charge in [0.15, 0.2) is 0 Å². The molecule has 38 heavy (non-hydrogen) atoms. The van der Waals surface area contributed by atoms with Gasteiger partial charge in [0.2, 0.25) is 23.6 Å². The minimum Gasteiger partial charge on any atom is -0.480 e. The number of benzene rings is 1. The lowest BCUT2D eigenvalue weighted by Gasteiger charge is -2.24. The Balaban J connectivity index is 2.10. The number of hydrogen-bond acceptors (Lipinski definition) is 8. The molecule has 0 spiro atoms. The van der Waals surface area contributed by atoms with E-state index in [1.807, 2.05) is 6.07 Å². The third-order valence-electron chi connectivity index (χ3n) is 5.51. The summed E-state index contributed by atoms with van der Waals surface area (Å²) in [6.45, 7) is 0. The van der Waals surface area contributed by atoms with Gasteiger partial charge in [0, 0.05) is 18.3 Å². The van der Waals surface area contributed by atoms with Crippen molar-refractivity contribution < 1.29 is 29.1 Å². The normalized spacial score (nSPS) is 13.9. The molecule has 0 aliphatic rings. The van der Waals surface area contributed by atoms with Crippen molar-refractivity contribution in [1.82, 2.24) is 25.9 Å². The van der Waals surface area contributed by atoms with Crippen LogP contribution in [0.15, 0.2) is 42.9 Å². The molecular weight excluding hydrogens is 514 g/mol. The molecule has 4 atom stereocenters. The number of primary amides is 1. The van der Waals surface area contributed by atoms with Crippen LogP contribution in [0.3, 0.4) is 0 Å². The summed E-state index contributed by atoms with van der Waals surface area (Å²) in [4.78, 5) is 68.7. The average molecular weight is 548 g/mol. The minimum absolute atomic E-state index is 0.0517. The van der Waals surface area contributed by atoms with Crippen molar-refractivity contribution in [3.63, 3.8) is 0 Å². The standard InChI is InChI=1S/C24H33N7O6S/c1-38-8-7-17(22(34)31-19(24(36)37)10-15-12-27-13-28-15)29-23(35)18(11-20(26)32)30-21(33)16(25)9-14-5-3-2-4-6-14/h2-6,12-13,16-19H,7-11,25H2,1H3,(H2,26,32)(H,27,28)(H,29,35)(H,30,33)(H,31,34)(H,36,37). The van der Waals surface area contributed by atoms with Gasteiger partial charge in [-0.05, 0) is 30.4 Å². The van der Waals surface area contributed by atoms with E-state index < -0.39 is 60.2 Å². The van der Waals surface area contributed by atoms with Crippen molar-refractivity contribution in [1.29, 1.82) is 0 Å². The van der Waals surface area contributed by atoms with E-state index in [4.69, 9.17) is 11.5 Å². The molecule has 0 saturated heterocycles. The number of rotatable bonds is 16. The number of carboxylic acids is 1. The van der Waals surface area contributed by atoms with Crippen molar-refractivity contribution in [2.45, 2.75) is 49.9 Å². The number of nitrogens with zero attached hydrogens (tertiary/aromatic N) is 1. The van der Waals surface area contributed by atoms with Crippen LogP contribution in [0.4, 0.5) is 0 Å². The molecule has 0 aliphatic heterocycles. The number of aromatic nitrogens is 2. The molecule has 2 aromatic rings. The van der Waals surface area contributed by atoms with Gasteiger partial charge in [-0.2, -0.15) is 11.8 Å². The predicted octanol–water partition coefficient (Wildman–Crippen LogP) is -1.31. The number of carbonyl (C=O) groups excluding carboxylic acids is 4. The van der Waals surface area contributed by atoms with Crippen LogP contribution in [0, 0.1) is 0 Å². The summed E-state index contributed by atoms with van der Waals surface area (Å²) in [7, 11) is 0. The van der Waals surface area contributed by atoms with Gasteiger partial charge in [-0.25, -0.2) is 9.78 Å². The highest BCUT2D eigenvalue weighted by Gasteiger charge is 2.31. The quantitative estimate of drug-likeness (QED) is 0.132. The third-order valence-corrected chi connectivity index (χ3v) is 6.15. The number of carboxylic acid groups (broad SMARTS) is 1. The fraction of sp³-hybridized carbons (Fsp3) is 0.417. The lowest BCUT2D eigenvalue weighted by Crippen LogP contribution is -2.58. The first-order valence-corrected chi connectivity index (χ1v) is 13.2. The zero-order valence-electron chi connectivity index (χ0n) is 20.9. The highest BCUT2D eigenvalue weighted by atomic mass is 32.2. The van der Waals surface area contributed by atoms with E-state index in [2.05, 4.69) is 25.9 Å². The first kappa shape index (κ1) is 30.3. The van der Waals surface area contributed by atoms with E-state index in [-0.39, 0.29) is 19.3 Å². The molecule has 0 fully saturated rings. The summed E-state index contributed by atoms with van der Waals surface area (Å²) in [6, 6.07) is 4.21. The van der Waals surface area contributed by atoms with E-state index in [9.17, 15) is 29.1 Å². The van der Waals surface area contributed by atoms with Crippen LogP contribution in [0.5, 0.6) is 0 Å². The third kappa shape index (κ3) is 10.2. The number of nitrogens with one attached hydrogen (secondary N) is 4. The van der Waals surface area contributed by atoms with Gasteiger partial charge in [0.1, 0.15) is 18.1 Å². The molecule has 13 nitrogen and oxygen atoms in total. The molecule has 4 amide bonds. The maximum atomic E-state index is 13.1. The highest BCUT2D eigenvalue weighted by molar-refractivity contribution is 7.98. The molecule has 1 aromatic carbocycles. The zero-order valence-corrected chi connectivity index (χ0v) is 21.7. The lowest BCUT2D eigenvalue weighted by atomic mass is 10.0. The molecule has 0 aliphatic carbocycles. The Hall–Kier alpha value is -3.91. The zero-order chi connectivity index (χ0) is 28.1. The van der Waals surface area contributed by atoms with Crippen LogP contribution in [-0.2, 0) is 36.8 Å². The Labute approximate surface area is 223 Å². The summed E-state index contributed by atoms with van der Waals surface area (Å²) < 4.78 is 0. The Kier molecular flexibility index (Phi) is 12.3. The van der Waals surface area contributed by atoms with Gasteiger partial charge in [-0.3, -0.25) is 19.2 Å². The first-order valence-electron chi connectivity index (χ1n) is 11.8. The van der Waals surface area contributed by atoms with Gasteiger partial charge in [-0.1, -0.05) is 30.3 Å². The number of carbonyl (C=O) groups is 5. The van der Waals surface area contributed by atoms with Crippen LogP contribution in [0.1, 0.15) is 24.1 Å². The number of thioether (sulfide) groups is 1. The summed E-state index contributed by atoms with van der Waals surface area (Å²) >= 11 is 1.42. The van der Waals surface area contributed by atoms with E-state index in [0.29, 0.717) is 11.4 Å². The molecule has 1 heterocycles. The topological polar surface area (TPSA) is 222 Å². The minimum atomic E-state index is -1.38. The molecule has 14 heteroatoms. The van der Waals surface area contributed by atoms with E-state index in [1.54, 1.807) is 30.5 Å². The number of aliphatic carboxylic acids is 1. The van der Waals surface area contributed by atoms with Crippen LogP contribution >= 0.6 is 11.8 Å². The van der Waals surface area contributed by atoms with Gasteiger partial charge in [0.05, 0.1) is 18.8 Å². The van der Waals surface area contributed by atoms with Crippen molar-refractivity contribution in [3.8, 4) is 0 Å². The molecule has 0 bridgehead atoms. The van der Waals surface area contributed by atoms with Gasteiger partial charge < -0.3 is 37.5 Å². The van der Waals surface area contributed by atoms with Gasteiger partial charge >= 0.3 is 5.97 Å². The van der Waals surface area contributed by atoms with Gasteiger partial charge in [-0.15, -0.1) is 0 Å². The van der Waals surface area contributed by atoms with E-state index in [1.165, 1.54) is 24.3 Å². The van der Waals surface area contributed by atoms with Crippen molar-refractivity contribution >= 4 is 41.4 Å². The van der Waals surface area contributed by atoms with Crippen molar-refractivity contribution in [2.75, 3.05) is 12.0 Å². The summed E-state index contributed by atoms with van der Waals surface area (Å²) in [6.07, 6.45) is 4.42. The van der Waals surface area contributed by atoms with Crippen LogP contribution in [-0.4, -0.2) is 80.8 Å². The molecule has 206 valence electrons. The maximum absolute atomic E-state index is 13.1. The highest BCUT2D eigenvalue weighted by Crippen LogP contribution is 2.07. The number of aromatic amines is 1. The van der Waals surface area contributed by atoms with Crippen LogP contribution < -0.4 is 27.4 Å². The first-order chi connectivity index (χ1) is 18.1. The SMILES string of the molecule is CSCCC(NC(=O)C(CC(N)=O)NC(=O)C(N)Cc1ccccc1)C(=O)NC(Cc1cnc[nH]1)C(=O)O. The van der Waals surface area contributed by atoms with Crippen LogP contribution in [0.25, 0.3) is 0 Å². The molecule has 0 saturated carbocycles. The largest absolute Gasteiger partial charge is 0.480 e. The molecule has 2 rings (SSSR count). The fourth-order valence-corrected chi connectivity index (χ4v) is 3.99. The number of imidazole rings is 1. The van der Waals surface area contributed by atoms with Crippen LogP contribution in [0.2, 0.25) is 0 Å². The van der Waals surface area contributed by atoms with Crippen molar-refractivity contribution in [2.24, 2.45) is 11.5 Å². The second kappa shape index (κ2) is 15.4. The Bertz CT molecular complexity index is 1080. The molecule has 4 unspecified atom stereocenters. The summed E-state index contributed by atoms with van der Waals surface area (Å²) in [5, 5.41) is 16.9. The number of amides is 4. The second-order valence-electron chi connectivity index (χ2n) is 8.55. The average Bonchev–Trinajstić information content (AvgIpc) is 3.39. The van der Waals surface area contributed by atoms with E-state index >= 15 is 0 Å². The Morgan fingerprint density at radius 1 is 0.974 bits per heavy atom. The van der Waals surface area contributed by atoms with Gasteiger partial charge in [0.25, 0.3) is 0 Å².